The molecule has 5 nitrogen and oxygen atoms in total. The Morgan fingerprint density at radius 3 is 2.94 bits per heavy atom. The Bertz CT molecular complexity index is 513. The summed E-state index contributed by atoms with van der Waals surface area (Å²) >= 11 is 5.04. The van der Waals surface area contributed by atoms with Crippen LogP contribution in [0.1, 0.15) is 5.56 Å². The first-order chi connectivity index (χ1) is 8.20. The Balaban J connectivity index is 2.29. The number of tetrazole rings is 1. The van der Waals surface area contributed by atoms with Crippen molar-refractivity contribution in [1.82, 2.24) is 25.5 Å². The first-order valence-electron chi connectivity index (χ1n) is 5.04. The van der Waals surface area contributed by atoms with Crippen LogP contribution in [-0.2, 0) is 13.6 Å². The van der Waals surface area contributed by atoms with Gasteiger partial charge in [-0.05, 0) is 53.0 Å². The van der Waals surface area contributed by atoms with E-state index in [4.69, 9.17) is 0 Å². The minimum atomic E-state index is 0.782. The van der Waals surface area contributed by atoms with Crippen LogP contribution in [0.3, 0.4) is 0 Å². The first kappa shape index (κ1) is 12.5. The van der Waals surface area contributed by atoms with E-state index in [0.717, 1.165) is 21.1 Å². The van der Waals surface area contributed by atoms with Crippen LogP contribution in [0.25, 0.3) is 0 Å². The highest BCUT2D eigenvalue weighted by Crippen LogP contribution is 2.30. The number of hydrogen-bond donors (Lipinski definition) is 1. The summed E-state index contributed by atoms with van der Waals surface area (Å²) in [4.78, 5) is 1.15. The van der Waals surface area contributed by atoms with Gasteiger partial charge in [-0.2, -0.15) is 0 Å². The van der Waals surface area contributed by atoms with Gasteiger partial charge in [-0.25, -0.2) is 4.68 Å². The van der Waals surface area contributed by atoms with Crippen molar-refractivity contribution in [3.8, 4) is 0 Å². The summed E-state index contributed by atoms with van der Waals surface area (Å²) in [6, 6.07) is 6.18. The minimum Gasteiger partial charge on any atom is -0.316 e. The molecule has 1 N–H and O–H groups in total. The topological polar surface area (TPSA) is 55.6 Å². The van der Waals surface area contributed by atoms with E-state index in [-0.39, 0.29) is 0 Å². The molecule has 0 aliphatic heterocycles. The zero-order valence-electron chi connectivity index (χ0n) is 9.51. The van der Waals surface area contributed by atoms with E-state index >= 15 is 0 Å². The largest absolute Gasteiger partial charge is 0.316 e. The van der Waals surface area contributed by atoms with Gasteiger partial charge in [0.1, 0.15) is 0 Å². The zero-order chi connectivity index (χ0) is 12.3. The molecule has 0 bridgehead atoms. The average Bonchev–Trinajstić information content (AvgIpc) is 2.69. The fourth-order valence-electron chi connectivity index (χ4n) is 1.38. The van der Waals surface area contributed by atoms with Crippen LogP contribution in [0.2, 0.25) is 0 Å². The van der Waals surface area contributed by atoms with Crippen molar-refractivity contribution in [2.24, 2.45) is 7.05 Å². The molecule has 0 saturated carbocycles. The van der Waals surface area contributed by atoms with Gasteiger partial charge in [0.2, 0.25) is 5.16 Å². The monoisotopic (exact) mass is 313 g/mol. The molecule has 0 unspecified atom stereocenters. The smallest absolute Gasteiger partial charge is 0.213 e. The fraction of sp³-hybridized carbons (Fsp3) is 0.300. The van der Waals surface area contributed by atoms with Crippen molar-refractivity contribution in [3.63, 3.8) is 0 Å². The molecule has 0 saturated heterocycles. The third-order valence-corrected chi connectivity index (χ3v) is 3.81. The van der Waals surface area contributed by atoms with Gasteiger partial charge in [-0.1, -0.05) is 15.9 Å². The van der Waals surface area contributed by atoms with Gasteiger partial charge in [0.05, 0.1) is 0 Å². The van der Waals surface area contributed by atoms with E-state index in [0.29, 0.717) is 0 Å². The molecule has 0 aliphatic carbocycles. The zero-order valence-corrected chi connectivity index (χ0v) is 11.9. The number of benzene rings is 1. The maximum atomic E-state index is 3.97. The first-order valence-corrected chi connectivity index (χ1v) is 6.65. The Kier molecular flexibility index (Phi) is 4.14. The summed E-state index contributed by atoms with van der Waals surface area (Å²) in [6.07, 6.45) is 0. The second kappa shape index (κ2) is 5.61. The molecule has 2 aromatic rings. The van der Waals surface area contributed by atoms with Crippen LogP contribution in [0.15, 0.2) is 32.7 Å². The van der Waals surface area contributed by atoms with Crippen LogP contribution in [0.5, 0.6) is 0 Å². The van der Waals surface area contributed by atoms with E-state index in [1.165, 1.54) is 5.56 Å². The van der Waals surface area contributed by atoms with Gasteiger partial charge in [-0.15, -0.1) is 5.10 Å². The molecule has 0 atom stereocenters. The lowest BCUT2D eigenvalue weighted by atomic mass is 10.2. The summed E-state index contributed by atoms with van der Waals surface area (Å²) in [5.41, 5.74) is 1.22. The highest BCUT2D eigenvalue weighted by Gasteiger charge is 2.09. The fourth-order valence-corrected chi connectivity index (χ4v) is 2.63. The molecular weight excluding hydrogens is 302 g/mol. The van der Waals surface area contributed by atoms with Gasteiger partial charge in [0.25, 0.3) is 0 Å². The molecule has 1 aromatic heterocycles. The predicted octanol–water partition coefficient (Wildman–Crippen LogP) is 1.84. The third kappa shape index (κ3) is 3.05. The number of halogens is 1. The lowest BCUT2D eigenvalue weighted by Gasteiger charge is -2.08. The lowest BCUT2D eigenvalue weighted by molar-refractivity contribution is 0.664. The molecule has 2 rings (SSSR count). The second-order valence-electron chi connectivity index (χ2n) is 3.47. The van der Waals surface area contributed by atoms with Gasteiger partial charge < -0.3 is 5.32 Å². The van der Waals surface area contributed by atoms with Crippen molar-refractivity contribution < 1.29 is 0 Å². The van der Waals surface area contributed by atoms with Gasteiger partial charge in [0, 0.05) is 23.0 Å². The highest BCUT2D eigenvalue weighted by molar-refractivity contribution is 9.10. The van der Waals surface area contributed by atoms with Crippen molar-refractivity contribution >= 4 is 27.7 Å². The summed E-state index contributed by atoms with van der Waals surface area (Å²) in [6.45, 7) is 0.813. The number of aryl methyl sites for hydroxylation is 1. The molecule has 0 radical (unpaired) electrons. The Hall–Kier alpha value is -0.920. The molecule has 0 amide bonds. The van der Waals surface area contributed by atoms with Crippen LogP contribution in [0.4, 0.5) is 0 Å². The number of hydrogen-bond acceptors (Lipinski definition) is 5. The van der Waals surface area contributed by atoms with Gasteiger partial charge in [-0.3, -0.25) is 0 Å². The van der Waals surface area contributed by atoms with Crippen molar-refractivity contribution in [2.45, 2.75) is 16.6 Å². The molecule has 0 aliphatic rings. The molecule has 90 valence electrons. The van der Waals surface area contributed by atoms with Crippen LogP contribution < -0.4 is 5.32 Å². The quantitative estimate of drug-likeness (QED) is 0.933. The number of rotatable bonds is 4. The van der Waals surface area contributed by atoms with E-state index in [2.05, 4.69) is 48.9 Å². The molecule has 7 heteroatoms. The molecule has 0 spiro atoms. The van der Waals surface area contributed by atoms with Crippen molar-refractivity contribution in [1.29, 1.82) is 0 Å². The summed E-state index contributed by atoms with van der Waals surface area (Å²) in [5, 5.41) is 15.3. The maximum absolute atomic E-state index is 3.97. The van der Waals surface area contributed by atoms with E-state index < -0.39 is 0 Å². The van der Waals surface area contributed by atoms with Crippen LogP contribution >= 0.6 is 27.7 Å². The second-order valence-corrected chi connectivity index (χ2v) is 5.39. The van der Waals surface area contributed by atoms with Crippen LogP contribution in [0, 0.1) is 0 Å². The molecule has 17 heavy (non-hydrogen) atoms. The maximum Gasteiger partial charge on any atom is 0.213 e. The lowest BCUT2D eigenvalue weighted by Crippen LogP contribution is -2.06. The van der Waals surface area contributed by atoms with Gasteiger partial charge >= 0.3 is 0 Å². The minimum absolute atomic E-state index is 0.782. The third-order valence-electron chi connectivity index (χ3n) is 2.17. The Morgan fingerprint density at radius 1 is 1.47 bits per heavy atom. The summed E-state index contributed by atoms with van der Waals surface area (Å²) < 4.78 is 2.73. The highest BCUT2D eigenvalue weighted by atomic mass is 79.9. The average molecular weight is 314 g/mol. The Labute approximate surface area is 112 Å². The van der Waals surface area contributed by atoms with E-state index in [9.17, 15) is 0 Å². The van der Waals surface area contributed by atoms with E-state index in [1.807, 2.05) is 20.2 Å². The van der Waals surface area contributed by atoms with Crippen LogP contribution in [-0.4, -0.2) is 27.3 Å². The SMILES string of the molecule is CNCc1cc(Br)ccc1Sc1nnnn1C. The van der Waals surface area contributed by atoms with Crippen molar-refractivity contribution in [3.05, 3.63) is 28.2 Å². The number of nitrogens with one attached hydrogen (secondary N) is 1. The molecular formula is C10H12BrN5S. The number of nitrogens with zero attached hydrogens (tertiary/aromatic N) is 4. The van der Waals surface area contributed by atoms with Gasteiger partial charge in [0.15, 0.2) is 0 Å². The predicted molar refractivity (Wildman–Crippen MR) is 69.8 cm³/mol. The molecule has 1 heterocycles. The van der Waals surface area contributed by atoms with E-state index in [1.54, 1.807) is 16.4 Å². The molecule has 1 aromatic carbocycles. The summed E-state index contributed by atoms with van der Waals surface area (Å²) in [5.74, 6) is 0. The standard InChI is InChI=1S/C10H12BrN5S/c1-12-6-7-5-8(11)3-4-9(7)17-10-13-14-15-16(10)2/h3-5,12H,6H2,1-2H3. The molecule has 0 fully saturated rings. The number of aromatic nitrogens is 4. The van der Waals surface area contributed by atoms with Crippen molar-refractivity contribution in [2.75, 3.05) is 7.05 Å². The Morgan fingerprint density at radius 2 is 2.29 bits per heavy atom. The summed E-state index contributed by atoms with van der Waals surface area (Å²) in [7, 11) is 3.76. The normalized spacial score (nSPS) is 10.8.